The van der Waals surface area contributed by atoms with Crippen molar-refractivity contribution in [3.05, 3.63) is 39.5 Å². The van der Waals surface area contributed by atoms with Crippen molar-refractivity contribution in [2.75, 3.05) is 11.2 Å². The van der Waals surface area contributed by atoms with E-state index in [2.05, 4.69) is 15.5 Å². The van der Waals surface area contributed by atoms with Crippen molar-refractivity contribution >= 4 is 40.1 Å². The van der Waals surface area contributed by atoms with Gasteiger partial charge in [0.05, 0.1) is 6.21 Å². The van der Waals surface area contributed by atoms with Gasteiger partial charge in [-0.1, -0.05) is 11.6 Å². The minimum absolute atomic E-state index is 0.308. The van der Waals surface area contributed by atoms with Crippen molar-refractivity contribution in [3.8, 4) is 0 Å². The number of nitrogens with one attached hydrogen (secondary N) is 1. The number of anilines is 2. The number of aromatic nitrogens is 1. The molecule has 18 heavy (non-hydrogen) atoms. The van der Waals surface area contributed by atoms with Gasteiger partial charge in [-0.3, -0.25) is 5.43 Å². The average Bonchev–Trinajstić information content (AvgIpc) is 2.71. The molecule has 3 N–H and O–H groups in total. The summed E-state index contributed by atoms with van der Waals surface area (Å²) in [5.41, 5.74) is 9.11. The number of aryl methyl sites for hydroxylation is 1. The second kappa shape index (κ2) is 5.32. The molecule has 0 amide bonds. The van der Waals surface area contributed by atoms with Crippen LogP contribution in [0.5, 0.6) is 0 Å². The zero-order valence-corrected chi connectivity index (χ0v) is 11.0. The number of rotatable bonds is 3. The fourth-order valence-corrected chi connectivity index (χ4v) is 1.98. The summed E-state index contributed by atoms with van der Waals surface area (Å²) in [4.78, 5) is 3.95. The standard InChI is InChI=1S/C11H10ClFN4S/c1-6-2-9(13)7(3-8(6)12)4-15-17-11-16-10(14)5-18-11/h2-5H,14H2,1H3,(H,16,17). The molecule has 4 nitrogen and oxygen atoms in total. The third-order valence-corrected chi connectivity index (χ3v) is 3.34. The molecule has 2 aromatic rings. The van der Waals surface area contributed by atoms with Crippen molar-refractivity contribution in [2.45, 2.75) is 6.92 Å². The second-order valence-electron chi connectivity index (χ2n) is 3.57. The number of hydrogen-bond donors (Lipinski definition) is 2. The van der Waals surface area contributed by atoms with Gasteiger partial charge in [-0.2, -0.15) is 5.10 Å². The fraction of sp³-hybridized carbons (Fsp3) is 0.0909. The molecule has 1 aromatic carbocycles. The maximum absolute atomic E-state index is 13.5. The maximum atomic E-state index is 13.5. The second-order valence-corrected chi connectivity index (χ2v) is 4.84. The zero-order valence-electron chi connectivity index (χ0n) is 9.45. The van der Waals surface area contributed by atoms with E-state index in [4.69, 9.17) is 17.3 Å². The van der Waals surface area contributed by atoms with Crippen molar-refractivity contribution < 1.29 is 4.39 Å². The van der Waals surface area contributed by atoms with Crippen LogP contribution in [0.1, 0.15) is 11.1 Å². The molecule has 2 rings (SSSR count). The number of benzene rings is 1. The van der Waals surface area contributed by atoms with Crippen molar-refractivity contribution in [1.82, 2.24) is 4.98 Å². The van der Waals surface area contributed by atoms with Gasteiger partial charge < -0.3 is 5.73 Å². The van der Waals surface area contributed by atoms with Crippen molar-refractivity contribution in [2.24, 2.45) is 5.10 Å². The first-order chi connectivity index (χ1) is 8.56. The minimum Gasteiger partial charge on any atom is -0.383 e. The Morgan fingerprint density at radius 1 is 1.56 bits per heavy atom. The van der Waals surface area contributed by atoms with E-state index < -0.39 is 0 Å². The van der Waals surface area contributed by atoms with Crippen LogP contribution < -0.4 is 11.2 Å². The normalized spacial score (nSPS) is 11.1. The van der Waals surface area contributed by atoms with E-state index in [0.29, 0.717) is 27.1 Å². The van der Waals surface area contributed by atoms with Crippen LogP contribution in [-0.2, 0) is 0 Å². The first-order valence-corrected chi connectivity index (χ1v) is 6.28. The molecule has 0 saturated heterocycles. The predicted molar refractivity (Wildman–Crippen MR) is 73.9 cm³/mol. The minimum atomic E-state index is -0.374. The highest BCUT2D eigenvalue weighted by molar-refractivity contribution is 7.14. The Bertz CT molecular complexity index is 597. The summed E-state index contributed by atoms with van der Waals surface area (Å²) in [7, 11) is 0. The highest BCUT2D eigenvalue weighted by atomic mass is 35.5. The SMILES string of the molecule is Cc1cc(F)c(C=NNc2nc(N)cs2)cc1Cl. The van der Waals surface area contributed by atoms with Gasteiger partial charge in [-0.15, -0.1) is 11.3 Å². The smallest absolute Gasteiger partial charge is 0.205 e. The molecule has 0 aliphatic carbocycles. The fourth-order valence-electron chi connectivity index (χ4n) is 1.26. The van der Waals surface area contributed by atoms with Crippen LogP contribution in [0.4, 0.5) is 15.3 Å². The lowest BCUT2D eigenvalue weighted by Crippen LogP contribution is -1.94. The molecular formula is C11H10ClFN4S. The van der Waals surface area contributed by atoms with E-state index >= 15 is 0 Å². The number of halogens is 2. The maximum Gasteiger partial charge on any atom is 0.205 e. The summed E-state index contributed by atoms with van der Waals surface area (Å²) < 4.78 is 13.5. The summed E-state index contributed by atoms with van der Waals surface area (Å²) in [6.45, 7) is 1.74. The lowest BCUT2D eigenvalue weighted by atomic mass is 10.1. The molecule has 0 saturated carbocycles. The molecule has 94 valence electrons. The third-order valence-electron chi connectivity index (χ3n) is 2.16. The zero-order chi connectivity index (χ0) is 13.1. The van der Waals surface area contributed by atoms with Crippen LogP contribution in [0, 0.1) is 12.7 Å². The number of hydrogen-bond acceptors (Lipinski definition) is 5. The van der Waals surface area contributed by atoms with Crippen LogP contribution in [0.25, 0.3) is 0 Å². The number of nitrogens with zero attached hydrogens (tertiary/aromatic N) is 2. The summed E-state index contributed by atoms with van der Waals surface area (Å²) >= 11 is 7.22. The van der Waals surface area contributed by atoms with E-state index in [1.165, 1.54) is 29.7 Å². The molecule has 7 heteroatoms. The first kappa shape index (κ1) is 12.8. The molecular weight excluding hydrogens is 275 g/mol. The van der Waals surface area contributed by atoms with E-state index in [9.17, 15) is 4.39 Å². The molecule has 0 aliphatic heterocycles. The molecule has 0 unspecified atom stereocenters. The average molecular weight is 285 g/mol. The summed E-state index contributed by atoms with van der Waals surface area (Å²) in [5, 5.41) is 6.60. The number of thiazole rings is 1. The number of hydrazone groups is 1. The summed E-state index contributed by atoms with van der Waals surface area (Å²) in [5.74, 6) is 0.0448. The quantitative estimate of drug-likeness (QED) is 0.671. The number of nitrogen functional groups attached to an aromatic ring is 1. The number of nitrogens with two attached hydrogens (primary N) is 1. The van der Waals surface area contributed by atoms with Gasteiger partial charge in [0.2, 0.25) is 5.13 Å². The molecule has 0 spiro atoms. The van der Waals surface area contributed by atoms with Crippen LogP contribution in [0.15, 0.2) is 22.6 Å². The van der Waals surface area contributed by atoms with Crippen LogP contribution in [0.3, 0.4) is 0 Å². The molecule has 1 heterocycles. The van der Waals surface area contributed by atoms with Gasteiger partial charge >= 0.3 is 0 Å². The third kappa shape index (κ3) is 2.96. The lowest BCUT2D eigenvalue weighted by Gasteiger charge is -2.01. The van der Waals surface area contributed by atoms with Crippen LogP contribution >= 0.6 is 22.9 Å². The van der Waals surface area contributed by atoms with Gasteiger partial charge in [0.15, 0.2) is 0 Å². The van der Waals surface area contributed by atoms with Gasteiger partial charge in [0, 0.05) is 16.0 Å². The molecule has 0 atom stereocenters. The summed E-state index contributed by atoms with van der Waals surface area (Å²) in [6.07, 6.45) is 1.35. The van der Waals surface area contributed by atoms with Gasteiger partial charge in [0.1, 0.15) is 11.6 Å². The van der Waals surface area contributed by atoms with Crippen molar-refractivity contribution in [3.63, 3.8) is 0 Å². The van der Waals surface area contributed by atoms with E-state index in [0.717, 1.165) is 0 Å². The highest BCUT2D eigenvalue weighted by Gasteiger charge is 2.04. The Balaban J connectivity index is 2.11. The first-order valence-electron chi connectivity index (χ1n) is 5.02. The largest absolute Gasteiger partial charge is 0.383 e. The molecule has 0 aliphatic rings. The monoisotopic (exact) mass is 284 g/mol. The Hall–Kier alpha value is -1.66. The topological polar surface area (TPSA) is 63.3 Å². The Morgan fingerprint density at radius 2 is 2.33 bits per heavy atom. The van der Waals surface area contributed by atoms with Crippen molar-refractivity contribution in [1.29, 1.82) is 0 Å². The highest BCUT2D eigenvalue weighted by Crippen LogP contribution is 2.19. The van der Waals surface area contributed by atoms with Crippen LogP contribution in [0.2, 0.25) is 5.02 Å². The molecule has 0 radical (unpaired) electrons. The van der Waals surface area contributed by atoms with Gasteiger partial charge in [-0.25, -0.2) is 9.37 Å². The van der Waals surface area contributed by atoms with Crippen LogP contribution in [-0.4, -0.2) is 11.2 Å². The lowest BCUT2D eigenvalue weighted by molar-refractivity contribution is 0.625. The van der Waals surface area contributed by atoms with E-state index in [1.807, 2.05) is 0 Å². The Labute approximate surface area is 112 Å². The van der Waals surface area contributed by atoms with Gasteiger partial charge in [0.25, 0.3) is 0 Å². The molecule has 0 bridgehead atoms. The Morgan fingerprint density at radius 3 is 3.00 bits per heavy atom. The van der Waals surface area contributed by atoms with Gasteiger partial charge in [-0.05, 0) is 24.6 Å². The predicted octanol–water partition coefficient (Wildman–Crippen LogP) is 3.27. The Kier molecular flexibility index (Phi) is 3.78. The molecule has 1 aromatic heterocycles. The summed E-state index contributed by atoms with van der Waals surface area (Å²) in [6, 6.07) is 2.89. The van der Waals surface area contributed by atoms with E-state index in [1.54, 1.807) is 12.3 Å². The van der Waals surface area contributed by atoms with E-state index in [-0.39, 0.29) is 5.82 Å². The molecule has 0 fully saturated rings.